The molecule has 7 heteroatoms. The molecule has 3 rings (SSSR count). The Bertz CT molecular complexity index is 873. The molecule has 0 unspecified atom stereocenters. The van der Waals surface area contributed by atoms with Crippen LogP contribution >= 0.6 is 23.2 Å². The van der Waals surface area contributed by atoms with Gasteiger partial charge in [-0.1, -0.05) is 29.3 Å². The molecule has 1 aliphatic heterocycles. The summed E-state index contributed by atoms with van der Waals surface area (Å²) in [6.07, 6.45) is 1.55. The van der Waals surface area contributed by atoms with Gasteiger partial charge in [0.2, 0.25) is 5.78 Å². The number of allylic oxidation sites excluding steroid dienone is 1. The molecule has 1 aliphatic rings. The summed E-state index contributed by atoms with van der Waals surface area (Å²) in [6, 6.07) is 9.39. The largest absolute Gasteiger partial charge is 0.546 e. The van der Waals surface area contributed by atoms with Gasteiger partial charge in [0.1, 0.15) is 18.1 Å². The molecule has 0 aliphatic carbocycles. The second-order valence-corrected chi connectivity index (χ2v) is 5.75. The van der Waals surface area contributed by atoms with Gasteiger partial charge >= 0.3 is 0 Å². The molecule has 0 radical (unpaired) electrons. The Morgan fingerprint density at radius 2 is 1.96 bits per heavy atom. The first-order chi connectivity index (χ1) is 11.4. The Balaban J connectivity index is 1.85. The first-order valence-electron chi connectivity index (χ1n) is 6.80. The van der Waals surface area contributed by atoms with Gasteiger partial charge in [0, 0.05) is 6.07 Å². The number of hydrogen-bond donors (Lipinski definition) is 0. The lowest BCUT2D eigenvalue weighted by Crippen LogP contribution is -2.28. The number of hydrogen-bond acceptors (Lipinski definition) is 5. The highest BCUT2D eigenvalue weighted by Crippen LogP contribution is 2.35. The molecule has 0 spiro atoms. The molecule has 0 N–H and O–H groups in total. The van der Waals surface area contributed by atoms with Crippen LogP contribution in [0.2, 0.25) is 10.0 Å². The molecule has 2 aromatic rings. The molecule has 0 saturated carbocycles. The predicted octanol–water partition coefficient (Wildman–Crippen LogP) is 2.74. The quantitative estimate of drug-likeness (QED) is 0.780. The maximum absolute atomic E-state index is 12.3. The first kappa shape index (κ1) is 16.4. The van der Waals surface area contributed by atoms with E-state index < -0.39 is 12.6 Å². The fourth-order valence-corrected chi connectivity index (χ4v) is 2.46. The van der Waals surface area contributed by atoms with Crippen molar-refractivity contribution in [1.82, 2.24) is 0 Å². The van der Waals surface area contributed by atoms with E-state index in [4.69, 9.17) is 32.7 Å². The second kappa shape index (κ2) is 6.55. The number of rotatable bonds is 4. The van der Waals surface area contributed by atoms with Gasteiger partial charge in [0.25, 0.3) is 0 Å². The summed E-state index contributed by atoms with van der Waals surface area (Å²) in [5.41, 5.74) is 1.02. The van der Waals surface area contributed by atoms with Crippen LogP contribution in [0, 0.1) is 0 Å². The molecule has 0 fully saturated rings. The number of fused-ring (bicyclic) bond motifs is 1. The van der Waals surface area contributed by atoms with E-state index in [1.54, 1.807) is 24.3 Å². The van der Waals surface area contributed by atoms with Crippen LogP contribution in [0.1, 0.15) is 15.9 Å². The molecule has 24 heavy (non-hydrogen) atoms. The fourth-order valence-electron chi connectivity index (χ4n) is 2.15. The van der Waals surface area contributed by atoms with Crippen molar-refractivity contribution >= 4 is 41.0 Å². The number of carbonyl (C=O) groups is 2. The van der Waals surface area contributed by atoms with Gasteiger partial charge in [-0.05, 0) is 35.9 Å². The lowest BCUT2D eigenvalue weighted by molar-refractivity contribution is -0.307. The topological polar surface area (TPSA) is 75.7 Å². The van der Waals surface area contributed by atoms with E-state index in [0.29, 0.717) is 26.9 Å². The van der Waals surface area contributed by atoms with E-state index in [1.807, 2.05) is 0 Å². The second-order valence-electron chi connectivity index (χ2n) is 4.93. The minimum atomic E-state index is -1.34. The monoisotopic (exact) mass is 363 g/mol. The van der Waals surface area contributed by atoms with Crippen molar-refractivity contribution in [3.63, 3.8) is 0 Å². The van der Waals surface area contributed by atoms with Gasteiger partial charge in [-0.15, -0.1) is 0 Å². The van der Waals surface area contributed by atoms with Crippen LogP contribution in [0.15, 0.2) is 42.2 Å². The molecular weight excluding hydrogens is 355 g/mol. The highest BCUT2D eigenvalue weighted by molar-refractivity contribution is 6.42. The van der Waals surface area contributed by atoms with Crippen LogP contribution in [0.25, 0.3) is 6.08 Å². The van der Waals surface area contributed by atoms with Gasteiger partial charge in [-0.2, -0.15) is 0 Å². The highest BCUT2D eigenvalue weighted by atomic mass is 35.5. The maximum atomic E-state index is 12.3. The van der Waals surface area contributed by atoms with Crippen molar-refractivity contribution in [1.29, 1.82) is 0 Å². The normalized spacial score (nSPS) is 14.4. The first-order valence-corrected chi connectivity index (χ1v) is 7.55. The Kier molecular flexibility index (Phi) is 4.46. The molecule has 0 atom stereocenters. The third-order valence-electron chi connectivity index (χ3n) is 3.24. The number of benzene rings is 2. The van der Waals surface area contributed by atoms with Gasteiger partial charge in [-0.3, -0.25) is 4.79 Å². The van der Waals surface area contributed by atoms with E-state index in [2.05, 4.69) is 0 Å². The molecule has 2 aromatic carbocycles. The maximum Gasteiger partial charge on any atom is 0.231 e. The summed E-state index contributed by atoms with van der Waals surface area (Å²) >= 11 is 11.8. The van der Waals surface area contributed by atoms with E-state index in [1.165, 1.54) is 18.2 Å². The highest BCUT2D eigenvalue weighted by Gasteiger charge is 2.27. The smallest absolute Gasteiger partial charge is 0.231 e. The Labute approximate surface area is 147 Å². The zero-order chi connectivity index (χ0) is 17.3. The SMILES string of the molecule is O=C([O-])COc1ccc2c(c1)O/C(=C\c1ccc(Cl)c(Cl)c1)C2=O. The number of aliphatic carboxylic acids is 1. The Morgan fingerprint density at radius 1 is 1.17 bits per heavy atom. The third-order valence-corrected chi connectivity index (χ3v) is 3.98. The van der Waals surface area contributed by atoms with Crippen LogP contribution in [0.4, 0.5) is 0 Å². The lowest BCUT2D eigenvalue weighted by atomic mass is 10.1. The fraction of sp³-hybridized carbons (Fsp3) is 0.0588. The molecule has 1 heterocycles. The van der Waals surface area contributed by atoms with Crippen LogP contribution < -0.4 is 14.6 Å². The zero-order valence-electron chi connectivity index (χ0n) is 12.0. The minimum absolute atomic E-state index is 0.125. The van der Waals surface area contributed by atoms with Gasteiger partial charge < -0.3 is 19.4 Å². The number of halogens is 2. The van der Waals surface area contributed by atoms with E-state index in [0.717, 1.165) is 0 Å². The predicted molar refractivity (Wildman–Crippen MR) is 86.3 cm³/mol. The van der Waals surface area contributed by atoms with Crippen LogP contribution in [0.3, 0.4) is 0 Å². The average molecular weight is 364 g/mol. The third kappa shape index (κ3) is 3.37. The van der Waals surface area contributed by atoms with Crippen LogP contribution in [-0.4, -0.2) is 18.4 Å². The van der Waals surface area contributed by atoms with E-state index >= 15 is 0 Å². The van der Waals surface area contributed by atoms with E-state index in [9.17, 15) is 14.7 Å². The van der Waals surface area contributed by atoms with E-state index in [-0.39, 0.29) is 17.3 Å². The van der Waals surface area contributed by atoms with Crippen molar-refractivity contribution in [3.05, 3.63) is 63.3 Å². The molecule has 5 nitrogen and oxygen atoms in total. The molecule has 0 saturated heterocycles. The van der Waals surface area contributed by atoms with Crippen molar-refractivity contribution in [2.24, 2.45) is 0 Å². The number of ether oxygens (including phenoxy) is 2. The summed E-state index contributed by atoms with van der Waals surface area (Å²) in [6.45, 7) is -0.585. The van der Waals surface area contributed by atoms with Crippen molar-refractivity contribution in [2.75, 3.05) is 6.61 Å². The summed E-state index contributed by atoms with van der Waals surface area (Å²) in [5.74, 6) is -0.945. The summed E-state index contributed by atoms with van der Waals surface area (Å²) in [7, 11) is 0. The van der Waals surface area contributed by atoms with Crippen LogP contribution in [0.5, 0.6) is 11.5 Å². The Morgan fingerprint density at radius 3 is 2.67 bits per heavy atom. The number of carboxylic acids is 1. The summed E-state index contributed by atoms with van der Waals surface area (Å²) in [5, 5.41) is 11.2. The average Bonchev–Trinajstić information content (AvgIpc) is 2.84. The van der Waals surface area contributed by atoms with Gasteiger partial charge in [0.05, 0.1) is 21.6 Å². The van der Waals surface area contributed by atoms with Crippen molar-refractivity contribution in [3.8, 4) is 11.5 Å². The molecule has 0 bridgehead atoms. The number of carboxylic acid groups (broad SMARTS) is 1. The van der Waals surface area contributed by atoms with Gasteiger partial charge in [-0.25, -0.2) is 0 Å². The standard InChI is InChI=1S/C17H10Cl2O5/c18-12-4-1-9(5-13(12)19)6-15-17(22)11-3-2-10(7-14(11)24-15)23-8-16(20)21/h1-7H,8H2,(H,20,21)/p-1/b15-6-. The Hall–Kier alpha value is -2.50. The summed E-state index contributed by atoms with van der Waals surface area (Å²) in [4.78, 5) is 22.7. The lowest BCUT2D eigenvalue weighted by Gasteiger charge is -2.07. The number of ketones is 1. The molecule has 0 amide bonds. The zero-order valence-corrected chi connectivity index (χ0v) is 13.6. The summed E-state index contributed by atoms with van der Waals surface area (Å²) < 4.78 is 10.5. The van der Waals surface area contributed by atoms with Crippen LogP contribution in [-0.2, 0) is 4.79 Å². The van der Waals surface area contributed by atoms with Crippen molar-refractivity contribution < 1.29 is 24.2 Å². The van der Waals surface area contributed by atoms with Crippen molar-refractivity contribution in [2.45, 2.75) is 0 Å². The van der Waals surface area contributed by atoms with Gasteiger partial charge in [0.15, 0.2) is 5.76 Å². The number of carbonyl (C=O) groups excluding carboxylic acids is 2. The number of Topliss-reactive ketones (excluding diaryl/α,β-unsaturated/α-hetero) is 1. The molecule has 122 valence electrons. The molecular formula is C17H9Cl2O5-. The minimum Gasteiger partial charge on any atom is -0.546 e. The molecule has 0 aromatic heterocycles.